The van der Waals surface area contributed by atoms with Gasteiger partial charge in [0.25, 0.3) is 0 Å². The van der Waals surface area contributed by atoms with Gasteiger partial charge in [0.2, 0.25) is 5.01 Å². The molecule has 6 rings (SSSR count). The fourth-order valence-electron chi connectivity index (χ4n) is 4.08. The number of benzene rings is 3. The highest BCUT2D eigenvalue weighted by atomic mass is 32.2. The topological polar surface area (TPSA) is 30.9 Å². The van der Waals surface area contributed by atoms with E-state index in [1.807, 2.05) is 48.5 Å². The Bertz CT molecular complexity index is 1400. The minimum atomic E-state index is -4.15. The van der Waals surface area contributed by atoms with Crippen molar-refractivity contribution in [2.75, 3.05) is 4.81 Å². The first-order valence-electron chi connectivity index (χ1n) is 8.70. The van der Waals surface area contributed by atoms with Crippen molar-refractivity contribution in [1.82, 2.24) is 0 Å². The SMILES string of the molecule is N#CC1=C2Sc3ccccc3N2[B-](F)(F)[n+]2c1sc1ccc3ccccc3c12. The third-order valence-corrected chi connectivity index (χ3v) is 7.54. The van der Waals surface area contributed by atoms with Crippen LogP contribution in [0.2, 0.25) is 0 Å². The van der Waals surface area contributed by atoms with E-state index in [0.717, 1.165) is 29.7 Å². The molecule has 0 unspecified atom stereocenters. The van der Waals surface area contributed by atoms with Crippen molar-refractivity contribution >= 4 is 62.3 Å². The van der Waals surface area contributed by atoms with Crippen LogP contribution < -0.4 is 9.29 Å². The molecule has 2 aliphatic heterocycles. The molecule has 8 heteroatoms. The van der Waals surface area contributed by atoms with Crippen molar-refractivity contribution in [2.45, 2.75) is 4.90 Å². The van der Waals surface area contributed by atoms with E-state index >= 15 is 8.63 Å². The Hall–Kier alpha value is -2.89. The lowest BCUT2D eigenvalue weighted by Gasteiger charge is -2.35. The van der Waals surface area contributed by atoms with Crippen LogP contribution in [-0.2, 0) is 0 Å². The third-order valence-electron chi connectivity index (χ3n) is 5.24. The Morgan fingerprint density at radius 3 is 2.64 bits per heavy atom. The molecule has 0 saturated heterocycles. The molecule has 2 aliphatic rings. The zero-order valence-corrected chi connectivity index (χ0v) is 15.9. The van der Waals surface area contributed by atoms with Crippen molar-refractivity contribution in [1.29, 1.82) is 5.26 Å². The average Bonchev–Trinajstić information content (AvgIpc) is 3.28. The summed E-state index contributed by atoms with van der Waals surface area (Å²) >= 11 is 2.50. The zero-order chi connectivity index (χ0) is 19.0. The number of nitriles is 1. The van der Waals surface area contributed by atoms with Gasteiger partial charge in [0.05, 0.1) is 5.03 Å². The summed E-state index contributed by atoms with van der Waals surface area (Å²) in [6, 6.07) is 20.6. The molecular weight excluding hydrogens is 395 g/mol. The predicted octanol–water partition coefficient (Wildman–Crippen LogP) is 5.38. The van der Waals surface area contributed by atoms with Gasteiger partial charge in [0.1, 0.15) is 10.8 Å². The second-order valence-electron chi connectivity index (χ2n) is 6.73. The standard InChI is InChI=1S/C20H10BF2N3S2/c22-21(23)25-15-7-3-4-8-16(15)27-19(25)14(11-24)20-26(21)18-13-6-2-1-5-12(13)9-10-17(18)28-20/h1-10H. The van der Waals surface area contributed by atoms with Crippen molar-refractivity contribution in [3.8, 4) is 6.07 Å². The van der Waals surface area contributed by atoms with Gasteiger partial charge in [0, 0.05) is 16.0 Å². The third kappa shape index (κ3) is 1.85. The number of hydrogen-bond donors (Lipinski definition) is 0. The summed E-state index contributed by atoms with van der Waals surface area (Å²) < 4.78 is 33.9. The zero-order valence-electron chi connectivity index (χ0n) is 14.3. The molecule has 0 bridgehead atoms. The summed E-state index contributed by atoms with van der Waals surface area (Å²) in [6.07, 6.45) is 0. The van der Waals surface area contributed by atoms with Gasteiger partial charge in [-0.1, -0.05) is 59.5 Å². The van der Waals surface area contributed by atoms with Gasteiger partial charge in [-0.2, -0.15) is 5.26 Å². The molecule has 28 heavy (non-hydrogen) atoms. The minimum Gasteiger partial charge on any atom is -0.389 e. The maximum Gasteiger partial charge on any atom is 0.739 e. The van der Waals surface area contributed by atoms with E-state index in [0.29, 0.717) is 26.8 Å². The van der Waals surface area contributed by atoms with Crippen LogP contribution in [0.15, 0.2) is 70.6 Å². The van der Waals surface area contributed by atoms with Gasteiger partial charge >= 0.3 is 6.97 Å². The number of hydrogen-bond acceptors (Lipinski definition) is 4. The molecule has 0 atom stereocenters. The Morgan fingerprint density at radius 1 is 1.00 bits per heavy atom. The summed E-state index contributed by atoms with van der Waals surface area (Å²) in [7, 11) is 0. The van der Waals surface area contributed by atoms with Gasteiger partial charge in [-0.25, -0.2) is 0 Å². The van der Waals surface area contributed by atoms with E-state index in [2.05, 4.69) is 6.07 Å². The smallest absolute Gasteiger partial charge is 0.389 e. The van der Waals surface area contributed by atoms with Gasteiger partial charge < -0.3 is 17.9 Å². The second-order valence-corrected chi connectivity index (χ2v) is 8.79. The number of anilines is 1. The molecule has 3 aromatic carbocycles. The molecule has 3 heterocycles. The van der Waals surface area contributed by atoms with Crippen molar-refractivity contribution in [3.63, 3.8) is 0 Å². The Balaban J connectivity index is 1.79. The molecule has 0 radical (unpaired) electrons. The number of rotatable bonds is 0. The lowest BCUT2D eigenvalue weighted by atomic mass is 9.88. The van der Waals surface area contributed by atoms with Crippen LogP contribution in [0.1, 0.15) is 5.01 Å². The van der Waals surface area contributed by atoms with Crippen molar-refractivity contribution in [3.05, 3.63) is 70.7 Å². The summed E-state index contributed by atoms with van der Waals surface area (Å²) in [6.45, 7) is -4.15. The number of thiazole rings is 1. The van der Waals surface area contributed by atoms with E-state index in [1.165, 1.54) is 23.1 Å². The van der Waals surface area contributed by atoms with Gasteiger partial charge in [0.15, 0.2) is 11.1 Å². The van der Waals surface area contributed by atoms with Crippen LogP contribution in [0.3, 0.4) is 0 Å². The number of nitrogens with zero attached hydrogens (tertiary/aromatic N) is 3. The molecule has 0 fully saturated rings. The maximum atomic E-state index is 16.0. The fraction of sp³-hybridized carbons (Fsp3) is 0. The van der Waals surface area contributed by atoms with E-state index in [9.17, 15) is 5.26 Å². The van der Waals surface area contributed by atoms with E-state index < -0.39 is 6.97 Å². The molecule has 4 aromatic rings. The van der Waals surface area contributed by atoms with E-state index in [1.54, 1.807) is 12.1 Å². The number of aromatic nitrogens is 1. The highest BCUT2D eigenvalue weighted by molar-refractivity contribution is 8.04. The van der Waals surface area contributed by atoms with Crippen LogP contribution in [0.4, 0.5) is 14.3 Å². The Morgan fingerprint density at radius 2 is 1.79 bits per heavy atom. The van der Waals surface area contributed by atoms with Crippen LogP contribution in [0.5, 0.6) is 0 Å². The number of allylic oxidation sites excluding steroid dienone is 1. The molecule has 0 saturated carbocycles. The molecule has 0 aliphatic carbocycles. The summed E-state index contributed by atoms with van der Waals surface area (Å²) in [5, 5.41) is 12.2. The van der Waals surface area contributed by atoms with Gasteiger partial charge in [-0.3, -0.25) is 0 Å². The first-order valence-corrected chi connectivity index (χ1v) is 10.3. The van der Waals surface area contributed by atoms with Crippen LogP contribution in [0.25, 0.3) is 26.6 Å². The summed E-state index contributed by atoms with van der Waals surface area (Å²) in [4.78, 5) is 1.82. The summed E-state index contributed by atoms with van der Waals surface area (Å²) in [5.41, 5.74) is 1.25. The van der Waals surface area contributed by atoms with Gasteiger partial charge in [-0.05, 0) is 29.7 Å². The normalized spacial score (nSPS) is 16.8. The van der Waals surface area contributed by atoms with Gasteiger partial charge in [-0.15, -0.1) is 0 Å². The molecular formula is C20H10BF2N3S2. The average molecular weight is 405 g/mol. The summed E-state index contributed by atoms with van der Waals surface area (Å²) in [5.74, 6) is 0. The highest BCUT2D eigenvalue weighted by Crippen LogP contribution is 2.53. The lowest BCUT2D eigenvalue weighted by Crippen LogP contribution is -2.71. The fourth-order valence-corrected chi connectivity index (χ4v) is 6.55. The monoisotopic (exact) mass is 405 g/mol. The second kappa shape index (κ2) is 5.34. The lowest BCUT2D eigenvalue weighted by molar-refractivity contribution is -0.535. The highest BCUT2D eigenvalue weighted by Gasteiger charge is 2.59. The molecule has 134 valence electrons. The Labute approximate surface area is 167 Å². The van der Waals surface area contributed by atoms with Crippen molar-refractivity contribution < 1.29 is 13.1 Å². The number of para-hydroxylation sites is 1. The molecule has 0 spiro atoms. The quantitative estimate of drug-likeness (QED) is 0.368. The number of halogens is 2. The molecule has 0 N–H and O–H groups in total. The first-order chi connectivity index (χ1) is 13.6. The number of thioether (sulfide) groups is 1. The maximum absolute atomic E-state index is 16.0. The first kappa shape index (κ1) is 16.1. The largest absolute Gasteiger partial charge is 0.739 e. The molecule has 0 amide bonds. The molecule has 1 aromatic heterocycles. The number of fused-ring (bicyclic) bond motifs is 8. The van der Waals surface area contributed by atoms with E-state index in [4.69, 9.17) is 0 Å². The van der Waals surface area contributed by atoms with Crippen LogP contribution >= 0.6 is 23.1 Å². The van der Waals surface area contributed by atoms with Crippen LogP contribution in [-0.4, -0.2) is 6.97 Å². The van der Waals surface area contributed by atoms with Crippen molar-refractivity contribution in [2.24, 2.45) is 0 Å². The predicted molar refractivity (Wildman–Crippen MR) is 110 cm³/mol. The Kier molecular flexibility index (Phi) is 3.07. The van der Waals surface area contributed by atoms with Crippen LogP contribution in [0, 0.1) is 11.3 Å². The minimum absolute atomic E-state index is 0.305. The van der Waals surface area contributed by atoms with E-state index in [-0.39, 0.29) is 0 Å². The molecule has 3 nitrogen and oxygen atoms in total.